The Kier molecular flexibility index (Phi) is 4.79. The van der Waals surface area contributed by atoms with E-state index in [4.69, 9.17) is 4.42 Å². The van der Waals surface area contributed by atoms with Crippen molar-refractivity contribution in [3.05, 3.63) is 63.1 Å². The van der Waals surface area contributed by atoms with Crippen molar-refractivity contribution in [1.29, 1.82) is 0 Å². The van der Waals surface area contributed by atoms with Gasteiger partial charge in [0.25, 0.3) is 0 Å². The predicted molar refractivity (Wildman–Crippen MR) is 83.5 cm³/mol. The number of benzene rings is 1. The number of hydrogen-bond acceptors (Lipinski definition) is 2. The number of furan rings is 1. The minimum atomic E-state index is -0.130. The Morgan fingerprint density at radius 1 is 1.32 bits per heavy atom. The third-order valence-corrected chi connectivity index (χ3v) is 3.29. The van der Waals surface area contributed by atoms with Crippen molar-refractivity contribution in [3.63, 3.8) is 0 Å². The summed E-state index contributed by atoms with van der Waals surface area (Å²) in [6.07, 6.45) is 3.14. The summed E-state index contributed by atoms with van der Waals surface area (Å²) in [7, 11) is 0. The fourth-order valence-corrected chi connectivity index (χ4v) is 2.06. The van der Waals surface area contributed by atoms with Gasteiger partial charge in [-0.15, -0.1) is 0 Å². The zero-order chi connectivity index (χ0) is 13.7. The van der Waals surface area contributed by atoms with E-state index in [9.17, 15) is 4.79 Å². The zero-order valence-electron chi connectivity index (χ0n) is 10.5. The van der Waals surface area contributed by atoms with Gasteiger partial charge < -0.3 is 9.73 Å². The van der Waals surface area contributed by atoms with Gasteiger partial charge in [0.1, 0.15) is 5.76 Å². The van der Waals surface area contributed by atoms with Gasteiger partial charge in [0.2, 0.25) is 5.91 Å². The number of rotatable bonds is 4. The Morgan fingerprint density at radius 2 is 2.11 bits per heavy atom. The molecule has 2 rings (SSSR count). The molecule has 19 heavy (non-hydrogen) atoms. The summed E-state index contributed by atoms with van der Waals surface area (Å²) in [6.45, 7) is 2.56. The molecule has 0 atom stereocenters. The van der Waals surface area contributed by atoms with Crippen LogP contribution in [-0.2, 0) is 11.3 Å². The normalized spacial score (nSPS) is 10.8. The molecular weight excluding hydrogens is 353 g/mol. The molecular formula is C15H14INO2. The lowest BCUT2D eigenvalue weighted by atomic mass is 10.1. The summed E-state index contributed by atoms with van der Waals surface area (Å²) in [5.41, 5.74) is 2.30. The van der Waals surface area contributed by atoms with Crippen LogP contribution >= 0.6 is 22.6 Å². The minimum absolute atomic E-state index is 0.130. The molecule has 0 aliphatic heterocycles. The van der Waals surface area contributed by atoms with Gasteiger partial charge in [-0.2, -0.15) is 0 Å². The lowest BCUT2D eigenvalue weighted by Crippen LogP contribution is -2.20. The van der Waals surface area contributed by atoms with Crippen LogP contribution < -0.4 is 5.32 Å². The summed E-state index contributed by atoms with van der Waals surface area (Å²) in [4.78, 5) is 11.7. The van der Waals surface area contributed by atoms with Crippen LogP contribution in [0.25, 0.3) is 6.08 Å². The summed E-state index contributed by atoms with van der Waals surface area (Å²) < 4.78 is 6.14. The van der Waals surface area contributed by atoms with Crippen molar-refractivity contribution in [2.45, 2.75) is 13.5 Å². The molecule has 0 aliphatic carbocycles. The molecule has 4 heteroatoms. The minimum Gasteiger partial charge on any atom is -0.451 e. The van der Waals surface area contributed by atoms with Crippen LogP contribution in [-0.4, -0.2) is 5.91 Å². The van der Waals surface area contributed by atoms with Crippen LogP contribution in [0.3, 0.4) is 0 Å². The molecule has 1 aromatic heterocycles. The molecule has 0 bridgehead atoms. The molecule has 2 aromatic rings. The van der Waals surface area contributed by atoms with Crippen molar-refractivity contribution < 1.29 is 9.21 Å². The van der Waals surface area contributed by atoms with E-state index in [0.717, 1.165) is 9.33 Å². The first-order chi connectivity index (χ1) is 9.15. The fourth-order valence-electron chi connectivity index (χ4n) is 1.63. The molecule has 0 saturated heterocycles. The smallest absolute Gasteiger partial charge is 0.244 e. The third kappa shape index (κ3) is 4.24. The predicted octanol–water partition coefficient (Wildman–Crippen LogP) is 3.52. The van der Waals surface area contributed by atoms with E-state index in [1.807, 2.05) is 43.3 Å². The van der Waals surface area contributed by atoms with Crippen LogP contribution in [0.5, 0.6) is 0 Å². The molecule has 98 valence electrons. The topological polar surface area (TPSA) is 42.2 Å². The lowest BCUT2D eigenvalue weighted by Gasteiger charge is -2.05. The second-order valence-corrected chi connectivity index (χ2v) is 5.18. The highest BCUT2D eigenvalue weighted by molar-refractivity contribution is 14.1. The Bertz CT molecular complexity index is 602. The van der Waals surface area contributed by atoms with E-state index >= 15 is 0 Å². The molecule has 0 aliphatic rings. The standard InChI is InChI=1S/C15H14INO2/c1-11-4-2-3-5-12(11)10-17-15(18)9-7-13-6-8-14(16)19-13/h2-9H,10H2,1H3,(H,17,18)/b9-7+. The highest BCUT2D eigenvalue weighted by Gasteiger charge is 2.00. The van der Waals surface area contributed by atoms with E-state index < -0.39 is 0 Å². The van der Waals surface area contributed by atoms with Crippen LogP contribution in [0, 0.1) is 10.7 Å². The first-order valence-corrected chi connectivity index (χ1v) is 6.99. The maximum atomic E-state index is 11.7. The molecule has 0 spiro atoms. The number of nitrogens with one attached hydrogen (secondary N) is 1. The first kappa shape index (κ1) is 13.9. The monoisotopic (exact) mass is 367 g/mol. The van der Waals surface area contributed by atoms with E-state index in [1.165, 1.54) is 11.6 Å². The Hall–Kier alpha value is -1.56. The van der Waals surface area contributed by atoms with E-state index in [1.54, 1.807) is 6.08 Å². The van der Waals surface area contributed by atoms with Gasteiger partial charge in [-0.1, -0.05) is 24.3 Å². The van der Waals surface area contributed by atoms with Gasteiger partial charge in [-0.05, 0) is 58.9 Å². The fraction of sp³-hybridized carbons (Fsp3) is 0.133. The first-order valence-electron chi connectivity index (χ1n) is 5.91. The molecule has 0 unspecified atom stereocenters. The van der Waals surface area contributed by atoms with E-state index in [2.05, 4.69) is 27.9 Å². The van der Waals surface area contributed by atoms with Crippen molar-refractivity contribution >= 4 is 34.6 Å². The van der Waals surface area contributed by atoms with Gasteiger partial charge in [0.05, 0.1) is 0 Å². The van der Waals surface area contributed by atoms with Crippen LogP contribution in [0.2, 0.25) is 0 Å². The maximum absolute atomic E-state index is 11.7. The highest BCUT2D eigenvalue weighted by Crippen LogP contribution is 2.11. The highest BCUT2D eigenvalue weighted by atomic mass is 127. The van der Waals surface area contributed by atoms with Gasteiger partial charge in [0, 0.05) is 12.6 Å². The maximum Gasteiger partial charge on any atom is 0.244 e. The molecule has 1 N–H and O–H groups in total. The average Bonchev–Trinajstić information content (AvgIpc) is 2.81. The summed E-state index contributed by atoms with van der Waals surface area (Å²) in [5.74, 6) is 0.546. The molecule has 0 radical (unpaired) electrons. The number of amides is 1. The molecule has 1 amide bonds. The summed E-state index contributed by atoms with van der Waals surface area (Å²) in [5, 5.41) is 2.85. The van der Waals surface area contributed by atoms with Crippen LogP contribution in [0.15, 0.2) is 46.9 Å². The van der Waals surface area contributed by atoms with Gasteiger partial charge in [-0.25, -0.2) is 0 Å². The van der Waals surface area contributed by atoms with Crippen molar-refractivity contribution in [3.8, 4) is 0 Å². The number of aryl methyl sites for hydroxylation is 1. The Balaban J connectivity index is 1.88. The molecule has 3 nitrogen and oxygen atoms in total. The summed E-state index contributed by atoms with van der Waals surface area (Å²) >= 11 is 2.08. The number of carbonyl (C=O) groups excluding carboxylic acids is 1. The van der Waals surface area contributed by atoms with Crippen LogP contribution in [0.1, 0.15) is 16.9 Å². The summed E-state index contributed by atoms with van der Waals surface area (Å²) in [6, 6.07) is 11.7. The van der Waals surface area contributed by atoms with E-state index in [-0.39, 0.29) is 5.91 Å². The Morgan fingerprint density at radius 3 is 2.79 bits per heavy atom. The van der Waals surface area contributed by atoms with Gasteiger partial charge >= 0.3 is 0 Å². The van der Waals surface area contributed by atoms with Crippen molar-refractivity contribution in [1.82, 2.24) is 5.32 Å². The largest absolute Gasteiger partial charge is 0.451 e. The number of hydrogen-bond donors (Lipinski definition) is 1. The van der Waals surface area contributed by atoms with Crippen molar-refractivity contribution in [2.24, 2.45) is 0 Å². The SMILES string of the molecule is Cc1ccccc1CNC(=O)/C=C/c1ccc(I)o1. The quantitative estimate of drug-likeness (QED) is 0.664. The number of halogens is 1. The van der Waals surface area contributed by atoms with Gasteiger partial charge in [-0.3, -0.25) is 4.79 Å². The number of carbonyl (C=O) groups is 1. The second kappa shape index (κ2) is 6.56. The van der Waals surface area contributed by atoms with E-state index in [0.29, 0.717) is 12.3 Å². The molecule has 0 fully saturated rings. The van der Waals surface area contributed by atoms with Crippen molar-refractivity contribution in [2.75, 3.05) is 0 Å². The Labute approximate surface area is 125 Å². The second-order valence-electron chi connectivity index (χ2n) is 4.12. The molecule has 1 aromatic carbocycles. The van der Waals surface area contributed by atoms with Gasteiger partial charge in [0.15, 0.2) is 3.77 Å². The molecule has 1 heterocycles. The third-order valence-electron chi connectivity index (χ3n) is 2.71. The zero-order valence-corrected chi connectivity index (χ0v) is 12.7. The average molecular weight is 367 g/mol. The van der Waals surface area contributed by atoms with Crippen LogP contribution in [0.4, 0.5) is 0 Å². The lowest BCUT2D eigenvalue weighted by molar-refractivity contribution is -0.116. The molecule has 0 saturated carbocycles.